The summed E-state index contributed by atoms with van der Waals surface area (Å²) in [5, 5.41) is 0. The number of hydrogen-bond acceptors (Lipinski definition) is 1. The molecule has 0 aromatic heterocycles. The highest BCUT2D eigenvalue weighted by molar-refractivity contribution is 5.08. The van der Waals surface area contributed by atoms with E-state index in [1.54, 1.807) is 6.26 Å². The van der Waals surface area contributed by atoms with Gasteiger partial charge in [0.2, 0.25) is 0 Å². The number of ether oxygens (including phenoxy) is 1. The summed E-state index contributed by atoms with van der Waals surface area (Å²) in [6, 6.07) is 0. The molecule has 3 atom stereocenters. The first-order valence-electron chi connectivity index (χ1n) is 6.56. The minimum atomic E-state index is 0.200. The standard InChI is InChI=1S/C14H22O/c1-3-13-12-6-10-5-11(7-12)9-14(13,8-10)15-4-2/h4,10-13H,2-3,5-9H2,1H3. The maximum atomic E-state index is 6.01. The molecule has 1 heteroatoms. The van der Waals surface area contributed by atoms with Crippen molar-refractivity contribution in [2.75, 3.05) is 0 Å². The first-order chi connectivity index (χ1) is 7.27. The maximum Gasteiger partial charge on any atom is 0.112 e. The Hall–Kier alpha value is -0.460. The van der Waals surface area contributed by atoms with Gasteiger partial charge in [0.05, 0.1) is 6.26 Å². The molecule has 1 nitrogen and oxygen atoms in total. The highest BCUT2D eigenvalue weighted by Gasteiger charge is 2.57. The molecule has 0 amide bonds. The monoisotopic (exact) mass is 206 g/mol. The lowest BCUT2D eigenvalue weighted by Gasteiger charge is -2.60. The molecule has 3 unspecified atom stereocenters. The second-order valence-electron chi connectivity index (χ2n) is 5.97. The van der Waals surface area contributed by atoms with Crippen LogP contribution in [0.1, 0.15) is 45.4 Å². The second-order valence-corrected chi connectivity index (χ2v) is 5.97. The van der Waals surface area contributed by atoms with Crippen molar-refractivity contribution < 1.29 is 4.74 Å². The fourth-order valence-corrected chi connectivity index (χ4v) is 5.13. The summed E-state index contributed by atoms with van der Waals surface area (Å²) in [7, 11) is 0. The molecule has 84 valence electrons. The molecule has 15 heavy (non-hydrogen) atoms. The minimum Gasteiger partial charge on any atom is -0.495 e. The fraction of sp³-hybridized carbons (Fsp3) is 0.857. The molecule has 0 N–H and O–H groups in total. The van der Waals surface area contributed by atoms with Gasteiger partial charge in [-0.2, -0.15) is 0 Å². The van der Waals surface area contributed by atoms with Crippen LogP contribution in [0, 0.1) is 23.7 Å². The normalized spacial score (nSPS) is 51.8. The summed E-state index contributed by atoms with van der Waals surface area (Å²) in [5.74, 6) is 3.69. The van der Waals surface area contributed by atoms with E-state index in [4.69, 9.17) is 4.74 Å². The van der Waals surface area contributed by atoms with Gasteiger partial charge in [-0.1, -0.05) is 13.5 Å². The third-order valence-corrected chi connectivity index (χ3v) is 5.21. The molecule has 0 spiro atoms. The maximum absolute atomic E-state index is 6.01. The Bertz CT molecular complexity index is 257. The Morgan fingerprint density at radius 1 is 1.27 bits per heavy atom. The van der Waals surface area contributed by atoms with Crippen molar-refractivity contribution in [3.05, 3.63) is 12.8 Å². The lowest BCUT2D eigenvalue weighted by molar-refractivity contribution is -0.176. The van der Waals surface area contributed by atoms with Gasteiger partial charge in [-0.05, 0) is 56.3 Å². The van der Waals surface area contributed by atoms with E-state index < -0.39 is 0 Å². The van der Waals surface area contributed by atoms with Crippen LogP contribution in [0.4, 0.5) is 0 Å². The highest BCUT2D eigenvalue weighted by atomic mass is 16.5. The highest BCUT2D eigenvalue weighted by Crippen LogP contribution is 2.60. The minimum absolute atomic E-state index is 0.200. The zero-order chi connectivity index (χ0) is 10.5. The van der Waals surface area contributed by atoms with Crippen molar-refractivity contribution in [1.29, 1.82) is 0 Å². The largest absolute Gasteiger partial charge is 0.495 e. The molecule has 0 aliphatic heterocycles. The smallest absolute Gasteiger partial charge is 0.112 e. The predicted octanol–water partition coefficient (Wildman–Crippen LogP) is 3.75. The van der Waals surface area contributed by atoms with E-state index in [0.29, 0.717) is 0 Å². The molecule has 0 heterocycles. The van der Waals surface area contributed by atoms with Crippen LogP contribution < -0.4 is 0 Å². The number of hydrogen-bond donors (Lipinski definition) is 0. The van der Waals surface area contributed by atoms with Crippen LogP contribution in [0.2, 0.25) is 0 Å². The van der Waals surface area contributed by atoms with Gasteiger partial charge in [-0.15, -0.1) is 0 Å². The van der Waals surface area contributed by atoms with E-state index in [9.17, 15) is 0 Å². The molecule has 0 aromatic carbocycles. The van der Waals surface area contributed by atoms with Crippen LogP contribution in [-0.4, -0.2) is 5.60 Å². The molecule has 0 aromatic rings. The van der Waals surface area contributed by atoms with Crippen LogP contribution in [0.25, 0.3) is 0 Å². The van der Waals surface area contributed by atoms with Gasteiger partial charge >= 0.3 is 0 Å². The van der Waals surface area contributed by atoms with Gasteiger partial charge in [0.25, 0.3) is 0 Å². The van der Waals surface area contributed by atoms with E-state index in [1.807, 2.05) is 0 Å². The van der Waals surface area contributed by atoms with E-state index in [2.05, 4.69) is 13.5 Å². The predicted molar refractivity (Wildman–Crippen MR) is 61.3 cm³/mol. The Kier molecular flexibility index (Phi) is 2.12. The molecule has 4 aliphatic carbocycles. The summed E-state index contributed by atoms with van der Waals surface area (Å²) in [6.45, 7) is 6.12. The van der Waals surface area contributed by atoms with Crippen molar-refractivity contribution in [1.82, 2.24) is 0 Å². The van der Waals surface area contributed by atoms with Gasteiger partial charge in [-0.3, -0.25) is 0 Å². The zero-order valence-electron chi connectivity index (χ0n) is 9.74. The molecule has 0 radical (unpaired) electrons. The van der Waals surface area contributed by atoms with Crippen LogP contribution >= 0.6 is 0 Å². The summed E-state index contributed by atoms with van der Waals surface area (Å²) in [4.78, 5) is 0. The van der Waals surface area contributed by atoms with E-state index in [-0.39, 0.29) is 5.60 Å². The molecule has 4 saturated carbocycles. The molecular formula is C14H22O. The molecule has 4 bridgehead atoms. The molecule has 4 rings (SSSR count). The third-order valence-electron chi connectivity index (χ3n) is 5.21. The fourth-order valence-electron chi connectivity index (χ4n) is 5.13. The average molecular weight is 206 g/mol. The number of rotatable bonds is 3. The van der Waals surface area contributed by atoms with Crippen molar-refractivity contribution in [2.24, 2.45) is 23.7 Å². The van der Waals surface area contributed by atoms with Crippen molar-refractivity contribution in [3.63, 3.8) is 0 Å². The van der Waals surface area contributed by atoms with Crippen LogP contribution in [0.3, 0.4) is 0 Å². The first-order valence-corrected chi connectivity index (χ1v) is 6.56. The van der Waals surface area contributed by atoms with E-state index in [1.165, 1.54) is 38.5 Å². The van der Waals surface area contributed by atoms with Gasteiger partial charge in [-0.25, -0.2) is 0 Å². The second kappa shape index (κ2) is 3.26. The Labute approximate surface area is 92.9 Å². The molecular weight excluding hydrogens is 184 g/mol. The topological polar surface area (TPSA) is 9.23 Å². The summed E-state index contributed by atoms with van der Waals surface area (Å²) < 4.78 is 6.01. The van der Waals surface area contributed by atoms with Crippen LogP contribution in [0.5, 0.6) is 0 Å². The Morgan fingerprint density at radius 3 is 2.47 bits per heavy atom. The third kappa shape index (κ3) is 1.28. The van der Waals surface area contributed by atoms with Crippen LogP contribution in [-0.2, 0) is 4.74 Å². The van der Waals surface area contributed by atoms with E-state index >= 15 is 0 Å². The van der Waals surface area contributed by atoms with E-state index in [0.717, 1.165) is 23.7 Å². The van der Waals surface area contributed by atoms with Crippen molar-refractivity contribution in [3.8, 4) is 0 Å². The lowest BCUT2D eigenvalue weighted by Crippen LogP contribution is -2.57. The lowest BCUT2D eigenvalue weighted by atomic mass is 9.49. The Morgan fingerprint density at radius 2 is 1.93 bits per heavy atom. The molecule has 4 fully saturated rings. The quantitative estimate of drug-likeness (QED) is 0.639. The SMILES string of the molecule is C=COC12CC3CC(CC(C3)C1CC)C2. The van der Waals surface area contributed by atoms with Gasteiger partial charge in [0.1, 0.15) is 5.60 Å². The average Bonchev–Trinajstić information content (AvgIpc) is 2.16. The zero-order valence-corrected chi connectivity index (χ0v) is 9.74. The summed E-state index contributed by atoms with van der Waals surface area (Å²) in [6.07, 6.45) is 10.1. The molecule has 4 aliphatic rings. The summed E-state index contributed by atoms with van der Waals surface area (Å²) in [5.41, 5.74) is 0.200. The van der Waals surface area contributed by atoms with Crippen LogP contribution in [0.15, 0.2) is 12.8 Å². The van der Waals surface area contributed by atoms with Gasteiger partial charge in [0.15, 0.2) is 0 Å². The molecule has 0 saturated heterocycles. The van der Waals surface area contributed by atoms with Crippen molar-refractivity contribution in [2.45, 2.75) is 51.0 Å². The first kappa shape index (κ1) is 9.74. The summed E-state index contributed by atoms with van der Waals surface area (Å²) >= 11 is 0. The van der Waals surface area contributed by atoms with Crippen molar-refractivity contribution >= 4 is 0 Å². The Balaban J connectivity index is 1.92. The van der Waals surface area contributed by atoms with Gasteiger partial charge < -0.3 is 4.74 Å². The van der Waals surface area contributed by atoms with Gasteiger partial charge in [0, 0.05) is 5.92 Å².